The van der Waals surface area contributed by atoms with Gasteiger partial charge in [0.15, 0.2) is 6.10 Å². The molecule has 0 unspecified atom stereocenters. The molecule has 1 amide bonds. The summed E-state index contributed by atoms with van der Waals surface area (Å²) in [5, 5.41) is 1.92. The molecule has 2 aromatic carbocycles. The second kappa shape index (κ2) is 7.59. The molecule has 0 spiro atoms. The first-order valence-corrected chi connectivity index (χ1v) is 7.46. The summed E-state index contributed by atoms with van der Waals surface area (Å²) in [5.74, 6) is -3.24. The number of hydrogen-bond donors (Lipinski definition) is 1. The van der Waals surface area contributed by atoms with E-state index >= 15 is 0 Å². The molecule has 8 heteroatoms. The van der Waals surface area contributed by atoms with Gasteiger partial charge in [0.05, 0.1) is 21.3 Å². The van der Waals surface area contributed by atoms with Gasteiger partial charge in [0.1, 0.15) is 11.6 Å². The van der Waals surface area contributed by atoms with E-state index in [0.717, 1.165) is 12.1 Å². The number of anilines is 1. The fourth-order valence-electron chi connectivity index (χ4n) is 1.75. The van der Waals surface area contributed by atoms with Crippen LogP contribution in [0.15, 0.2) is 36.4 Å². The van der Waals surface area contributed by atoms with E-state index in [0.29, 0.717) is 0 Å². The third-order valence-corrected chi connectivity index (χ3v) is 3.62. The molecule has 0 aliphatic heterocycles. The Kier molecular flexibility index (Phi) is 5.75. The third-order valence-electron chi connectivity index (χ3n) is 3.01. The Morgan fingerprint density at radius 2 is 1.75 bits per heavy atom. The molecule has 0 fully saturated rings. The number of carbonyl (C=O) groups is 2. The zero-order chi connectivity index (χ0) is 17.9. The van der Waals surface area contributed by atoms with Crippen molar-refractivity contribution in [1.82, 2.24) is 0 Å². The van der Waals surface area contributed by atoms with Gasteiger partial charge >= 0.3 is 5.97 Å². The lowest BCUT2D eigenvalue weighted by Gasteiger charge is -2.14. The van der Waals surface area contributed by atoms with Crippen LogP contribution in [0.4, 0.5) is 14.5 Å². The molecule has 4 nitrogen and oxygen atoms in total. The van der Waals surface area contributed by atoms with Crippen molar-refractivity contribution in [2.45, 2.75) is 13.0 Å². The highest BCUT2D eigenvalue weighted by Gasteiger charge is 2.22. The number of nitrogens with one attached hydrogen (secondary N) is 1. The van der Waals surface area contributed by atoms with E-state index in [9.17, 15) is 18.4 Å². The quantitative estimate of drug-likeness (QED) is 0.635. The Balaban J connectivity index is 2.07. The van der Waals surface area contributed by atoms with Crippen LogP contribution in [0.1, 0.15) is 17.3 Å². The van der Waals surface area contributed by atoms with Crippen molar-refractivity contribution in [3.8, 4) is 0 Å². The average Bonchev–Trinajstić information content (AvgIpc) is 2.52. The molecule has 0 heterocycles. The maximum absolute atomic E-state index is 13.5. The molecule has 0 radical (unpaired) electrons. The van der Waals surface area contributed by atoms with E-state index in [1.54, 1.807) is 0 Å². The van der Waals surface area contributed by atoms with Crippen LogP contribution >= 0.6 is 23.2 Å². The summed E-state index contributed by atoms with van der Waals surface area (Å²) < 4.78 is 31.8. The Hall–Kier alpha value is -2.18. The van der Waals surface area contributed by atoms with Crippen LogP contribution < -0.4 is 5.32 Å². The predicted octanol–water partition coefficient (Wildman–Crippen LogP) is 4.46. The van der Waals surface area contributed by atoms with Crippen molar-refractivity contribution in [1.29, 1.82) is 0 Å². The van der Waals surface area contributed by atoms with Gasteiger partial charge in [-0.15, -0.1) is 0 Å². The first kappa shape index (κ1) is 18.2. The molecule has 0 saturated heterocycles. The Labute approximate surface area is 146 Å². The number of rotatable bonds is 4. The van der Waals surface area contributed by atoms with Crippen molar-refractivity contribution in [2.75, 3.05) is 5.32 Å². The molecule has 0 aromatic heterocycles. The monoisotopic (exact) mass is 373 g/mol. The minimum atomic E-state index is -1.26. The highest BCUT2D eigenvalue weighted by atomic mass is 35.5. The summed E-state index contributed by atoms with van der Waals surface area (Å²) in [7, 11) is 0. The summed E-state index contributed by atoms with van der Waals surface area (Å²) in [4.78, 5) is 23.9. The van der Waals surface area contributed by atoms with Crippen molar-refractivity contribution < 1.29 is 23.1 Å². The highest BCUT2D eigenvalue weighted by Crippen LogP contribution is 2.25. The number of esters is 1. The number of para-hydroxylation sites is 1. The zero-order valence-electron chi connectivity index (χ0n) is 12.3. The van der Waals surface area contributed by atoms with Gasteiger partial charge < -0.3 is 10.1 Å². The first-order chi connectivity index (χ1) is 11.3. The summed E-state index contributed by atoms with van der Waals surface area (Å²) in [6, 6.07) is 7.39. The average molecular weight is 374 g/mol. The van der Waals surface area contributed by atoms with E-state index in [-0.39, 0.29) is 21.3 Å². The SMILES string of the molecule is C[C@H](OC(=O)c1cc(F)c(Cl)cc1Cl)C(=O)Nc1ccccc1F. The van der Waals surface area contributed by atoms with Gasteiger partial charge in [-0.05, 0) is 31.2 Å². The molecular formula is C16H11Cl2F2NO3. The highest BCUT2D eigenvalue weighted by molar-refractivity contribution is 6.36. The standard InChI is InChI=1S/C16H11Cl2F2NO3/c1-8(15(22)21-14-5-3-2-4-12(14)19)24-16(23)9-6-13(20)11(18)7-10(9)17/h2-8H,1H3,(H,21,22)/t8-/m0/s1. The van der Waals surface area contributed by atoms with E-state index in [1.165, 1.54) is 31.2 Å². The number of carbonyl (C=O) groups excluding carboxylic acids is 2. The Morgan fingerprint density at radius 3 is 2.42 bits per heavy atom. The molecular weight excluding hydrogens is 363 g/mol. The molecule has 2 rings (SSSR count). The zero-order valence-corrected chi connectivity index (χ0v) is 13.8. The lowest BCUT2D eigenvalue weighted by atomic mass is 10.2. The second-order valence-corrected chi connectivity index (χ2v) is 5.58. The van der Waals surface area contributed by atoms with Crippen LogP contribution in [0.3, 0.4) is 0 Å². The maximum atomic E-state index is 13.5. The van der Waals surface area contributed by atoms with Crippen LogP contribution in [-0.4, -0.2) is 18.0 Å². The molecule has 126 valence electrons. The Morgan fingerprint density at radius 1 is 1.08 bits per heavy atom. The lowest BCUT2D eigenvalue weighted by molar-refractivity contribution is -0.123. The van der Waals surface area contributed by atoms with E-state index < -0.39 is 29.6 Å². The predicted molar refractivity (Wildman–Crippen MR) is 86.3 cm³/mol. The molecule has 0 aliphatic rings. The van der Waals surface area contributed by atoms with Gasteiger partial charge in [-0.25, -0.2) is 13.6 Å². The largest absolute Gasteiger partial charge is 0.449 e. The van der Waals surface area contributed by atoms with Crippen molar-refractivity contribution in [3.63, 3.8) is 0 Å². The fraction of sp³-hybridized carbons (Fsp3) is 0.125. The van der Waals surface area contributed by atoms with Gasteiger partial charge in [-0.3, -0.25) is 4.79 Å². The summed E-state index contributed by atoms with van der Waals surface area (Å²) in [6.45, 7) is 1.29. The lowest BCUT2D eigenvalue weighted by Crippen LogP contribution is -2.30. The summed E-state index contributed by atoms with van der Waals surface area (Å²) >= 11 is 11.3. The number of hydrogen-bond acceptors (Lipinski definition) is 3. The van der Waals surface area contributed by atoms with E-state index in [2.05, 4.69) is 5.32 Å². The molecule has 24 heavy (non-hydrogen) atoms. The van der Waals surface area contributed by atoms with Gasteiger partial charge in [0.25, 0.3) is 5.91 Å². The first-order valence-electron chi connectivity index (χ1n) is 6.70. The molecule has 2 aromatic rings. The van der Waals surface area contributed by atoms with Crippen LogP contribution in [0.25, 0.3) is 0 Å². The van der Waals surface area contributed by atoms with Gasteiger partial charge in [-0.1, -0.05) is 35.3 Å². The van der Waals surface area contributed by atoms with Gasteiger partial charge in [0, 0.05) is 0 Å². The minimum absolute atomic E-state index is 0.0547. The summed E-state index contributed by atoms with van der Waals surface area (Å²) in [6.07, 6.45) is -1.26. The number of benzene rings is 2. The Bertz CT molecular complexity index is 799. The second-order valence-electron chi connectivity index (χ2n) is 4.76. The molecule has 0 saturated carbocycles. The normalized spacial score (nSPS) is 11.7. The topological polar surface area (TPSA) is 55.4 Å². The van der Waals surface area contributed by atoms with Crippen LogP contribution in [-0.2, 0) is 9.53 Å². The van der Waals surface area contributed by atoms with Crippen molar-refractivity contribution in [2.24, 2.45) is 0 Å². The van der Waals surface area contributed by atoms with Crippen LogP contribution in [0, 0.1) is 11.6 Å². The summed E-state index contributed by atoms with van der Waals surface area (Å²) in [5.41, 5.74) is -0.329. The number of amides is 1. The van der Waals surface area contributed by atoms with Crippen molar-refractivity contribution >= 4 is 40.8 Å². The van der Waals surface area contributed by atoms with Crippen LogP contribution in [0.5, 0.6) is 0 Å². The maximum Gasteiger partial charge on any atom is 0.340 e. The van der Waals surface area contributed by atoms with Gasteiger partial charge in [0.2, 0.25) is 0 Å². The molecule has 0 bridgehead atoms. The molecule has 1 atom stereocenters. The minimum Gasteiger partial charge on any atom is -0.449 e. The van der Waals surface area contributed by atoms with Gasteiger partial charge in [-0.2, -0.15) is 0 Å². The third kappa shape index (κ3) is 4.21. The number of halogens is 4. The number of ether oxygens (including phenoxy) is 1. The van der Waals surface area contributed by atoms with Crippen LogP contribution in [0.2, 0.25) is 10.0 Å². The fourth-order valence-corrected chi connectivity index (χ4v) is 2.21. The molecule has 0 aliphatic carbocycles. The van der Waals surface area contributed by atoms with Crippen molar-refractivity contribution in [3.05, 3.63) is 63.6 Å². The van der Waals surface area contributed by atoms with E-state index in [4.69, 9.17) is 27.9 Å². The van der Waals surface area contributed by atoms with E-state index in [1.807, 2.05) is 0 Å². The molecule has 1 N–H and O–H groups in total. The smallest absolute Gasteiger partial charge is 0.340 e.